The van der Waals surface area contributed by atoms with Gasteiger partial charge in [0, 0.05) is 25.5 Å². The zero-order valence-electron chi connectivity index (χ0n) is 8.62. The second-order valence-corrected chi connectivity index (χ2v) is 4.75. The van der Waals surface area contributed by atoms with Gasteiger partial charge in [-0.3, -0.25) is 0 Å². The molecule has 1 aliphatic rings. The molecule has 1 atom stereocenters. The van der Waals surface area contributed by atoms with Gasteiger partial charge >= 0.3 is 0 Å². The topological polar surface area (TPSA) is 24.5 Å². The van der Waals surface area contributed by atoms with Gasteiger partial charge in [-0.15, -0.1) is 11.3 Å². The molecule has 0 saturated carbocycles. The van der Waals surface area contributed by atoms with Crippen LogP contribution in [-0.4, -0.2) is 33.9 Å². The van der Waals surface area contributed by atoms with Gasteiger partial charge in [0.15, 0.2) is 0 Å². The highest BCUT2D eigenvalue weighted by Crippen LogP contribution is 2.29. The first-order valence-corrected chi connectivity index (χ1v) is 5.67. The van der Waals surface area contributed by atoms with Gasteiger partial charge in [-0.2, -0.15) is 0 Å². The van der Waals surface area contributed by atoms with Crippen molar-refractivity contribution >= 4 is 16.3 Å². The molecule has 0 amide bonds. The SMILES string of the molecule is CN(C)c1ccc([C@H]2COCCN2)s1. The Morgan fingerprint density at radius 2 is 2.36 bits per heavy atom. The summed E-state index contributed by atoms with van der Waals surface area (Å²) in [6, 6.07) is 4.74. The Morgan fingerprint density at radius 1 is 1.50 bits per heavy atom. The second-order valence-electron chi connectivity index (χ2n) is 3.65. The fourth-order valence-corrected chi connectivity index (χ4v) is 2.51. The lowest BCUT2D eigenvalue weighted by Gasteiger charge is -2.22. The molecular weight excluding hydrogens is 196 g/mol. The van der Waals surface area contributed by atoms with E-state index in [0.717, 1.165) is 19.8 Å². The van der Waals surface area contributed by atoms with E-state index in [1.54, 1.807) is 0 Å². The van der Waals surface area contributed by atoms with Crippen LogP contribution >= 0.6 is 11.3 Å². The van der Waals surface area contributed by atoms with Crippen LogP contribution in [0.3, 0.4) is 0 Å². The maximum atomic E-state index is 5.44. The minimum Gasteiger partial charge on any atom is -0.378 e. The number of nitrogens with zero attached hydrogens (tertiary/aromatic N) is 1. The molecule has 0 aromatic carbocycles. The van der Waals surface area contributed by atoms with Crippen molar-refractivity contribution in [1.29, 1.82) is 0 Å². The molecule has 1 saturated heterocycles. The summed E-state index contributed by atoms with van der Waals surface area (Å²) in [5, 5.41) is 4.75. The smallest absolute Gasteiger partial charge is 0.0906 e. The van der Waals surface area contributed by atoms with Gasteiger partial charge in [0.2, 0.25) is 0 Å². The highest BCUT2D eigenvalue weighted by molar-refractivity contribution is 7.16. The van der Waals surface area contributed by atoms with Crippen LogP contribution in [0.15, 0.2) is 12.1 Å². The van der Waals surface area contributed by atoms with Crippen molar-refractivity contribution in [2.45, 2.75) is 6.04 Å². The van der Waals surface area contributed by atoms with E-state index < -0.39 is 0 Å². The monoisotopic (exact) mass is 212 g/mol. The van der Waals surface area contributed by atoms with Crippen LogP contribution in [0.2, 0.25) is 0 Å². The summed E-state index contributed by atoms with van der Waals surface area (Å²) in [4.78, 5) is 3.51. The third kappa shape index (κ3) is 2.08. The highest BCUT2D eigenvalue weighted by Gasteiger charge is 2.17. The molecular formula is C10H16N2OS. The molecule has 78 valence electrons. The Morgan fingerprint density at radius 3 is 2.93 bits per heavy atom. The lowest BCUT2D eigenvalue weighted by Crippen LogP contribution is -2.33. The zero-order chi connectivity index (χ0) is 9.97. The summed E-state index contributed by atoms with van der Waals surface area (Å²) in [6.07, 6.45) is 0. The average molecular weight is 212 g/mol. The summed E-state index contributed by atoms with van der Waals surface area (Å²) in [6.45, 7) is 2.59. The van der Waals surface area contributed by atoms with Crippen LogP contribution in [0.1, 0.15) is 10.9 Å². The summed E-state index contributed by atoms with van der Waals surface area (Å²) in [5.41, 5.74) is 0. The van der Waals surface area contributed by atoms with Gasteiger partial charge < -0.3 is 15.0 Å². The largest absolute Gasteiger partial charge is 0.378 e. The summed E-state index contributed by atoms with van der Waals surface area (Å²) in [5.74, 6) is 0. The van der Waals surface area contributed by atoms with Crippen LogP contribution in [0.4, 0.5) is 5.00 Å². The molecule has 3 nitrogen and oxygen atoms in total. The molecule has 1 aromatic heterocycles. The molecule has 2 heterocycles. The Hall–Kier alpha value is -0.580. The van der Waals surface area contributed by atoms with Crippen molar-refractivity contribution in [2.75, 3.05) is 38.8 Å². The van der Waals surface area contributed by atoms with Gasteiger partial charge in [-0.05, 0) is 12.1 Å². The number of hydrogen-bond donors (Lipinski definition) is 1. The number of hydrogen-bond acceptors (Lipinski definition) is 4. The average Bonchev–Trinajstić information content (AvgIpc) is 2.68. The van der Waals surface area contributed by atoms with E-state index in [1.165, 1.54) is 9.88 Å². The summed E-state index contributed by atoms with van der Waals surface area (Å²) >= 11 is 1.83. The van der Waals surface area contributed by atoms with E-state index in [-0.39, 0.29) is 0 Å². The number of ether oxygens (including phenoxy) is 1. The van der Waals surface area contributed by atoms with E-state index in [0.29, 0.717) is 6.04 Å². The van der Waals surface area contributed by atoms with Crippen LogP contribution < -0.4 is 10.2 Å². The lowest BCUT2D eigenvalue weighted by molar-refractivity contribution is 0.0779. The first-order chi connectivity index (χ1) is 6.77. The molecule has 0 bridgehead atoms. The van der Waals surface area contributed by atoms with Crippen molar-refractivity contribution in [3.63, 3.8) is 0 Å². The van der Waals surface area contributed by atoms with Crippen molar-refractivity contribution in [1.82, 2.24) is 5.32 Å². The molecule has 0 spiro atoms. The Kier molecular flexibility index (Phi) is 3.05. The third-order valence-corrected chi connectivity index (χ3v) is 3.69. The molecule has 0 unspecified atom stereocenters. The van der Waals surface area contributed by atoms with Crippen molar-refractivity contribution in [3.8, 4) is 0 Å². The van der Waals surface area contributed by atoms with E-state index in [1.807, 2.05) is 11.3 Å². The Balaban J connectivity index is 2.07. The number of anilines is 1. The Labute approximate surface area is 88.7 Å². The van der Waals surface area contributed by atoms with E-state index in [9.17, 15) is 0 Å². The molecule has 1 fully saturated rings. The van der Waals surface area contributed by atoms with Crippen molar-refractivity contribution < 1.29 is 4.74 Å². The molecule has 0 radical (unpaired) electrons. The fourth-order valence-electron chi connectivity index (χ4n) is 1.52. The molecule has 1 aliphatic heterocycles. The maximum Gasteiger partial charge on any atom is 0.0906 e. The molecule has 0 aliphatic carbocycles. The normalized spacial score (nSPS) is 22.3. The van der Waals surface area contributed by atoms with E-state index in [2.05, 4.69) is 36.4 Å². The molecule has 14 heavy (non-hydrogen) atoms. The van der Waals surface area contributed by atoms with Gasteiger partial charge in [-0.1, -0.05) is 0 Å². The van der Waals surface area contributed by atoms with E-state index in [4.69, 9.17) is 4.74 Å². The van der Waals surface area contributed by atoms with Gasteiger partial charge in [0.05, 0.1) is 24.3 Å². The predicted octanol–water partition coefficient (Wildman–Crippen LogP) is 1.48. The van der Waals surface area contributed by atoms with Gasteiger partial charge in [0.1, 0.15) is 0 Å². The standard InChI is InChI=1S/C10H16N2OS/c1-12(2)10-4-3-9(14-10)8-7-13-6-5-11-8/h3-4,8,11H,5-7H2,1-2H3/t8-/m1/s1. The van der Waals surface area contributed by atoms with Gasteiger partial charge in [-0.25, -0.2) is 0 Å². The molecule has 4 heteroatoms. The van der Waals surface area contributed by atoms with Crippen molar-refractivity contribution in [2.24, 2.45) is 0 Å². The zero-order valence-corrected chi connectivity index (χ0v) is 9.43. The van der Waals surface area contributed by atoms with E-state index >= 15 is 0 Å². The molecule has 1 aromatic rings. The highest BCUT2D eigenvalue weighted by atomic mass is 32.1. The number of nitrogens with one attached hydrogen (secondary N) is 1. The summed E-state index contributed by atoms with van der Waals surface area (Å²) < 4.78 is 5.44. The Bertz CT molecular complexity index is 292. The van der Waals surface area contributed by atoms with Gasteiger partial charge in [0.25, 0.3) is 0 Å². The first kappa shape index (κ1) is 9.96. The van der Waals surface area contributed by atoms with Crippen LogP contribution in [0.25, 0.3) is 0 Å². The second kappa shape index (κ2) is 4.29. The predicted molar refractivity (Wildman–Crippen MR) is 60.2 cm³/mol. The van der Waals surface area contributed by atoms with Crippen LogP contribution in [0.5, 0.6) is 0 Å². The molecule has 2 rings (SSSR count). The summed E-state index contributed by atoms with van der Waals surface area (Å²) in [7, 11) is 4.14. The number of rotatable bonds is 2. The van der Waals surface area contributed by atoms with Crippen molar-refractivity contribution in [3.05, 3.63) is 17.0 Å². The van der Waals surface area contributed by atoms with Crippen LogP contribution in [0, 0.1) is 0 Å². The quantitative estimate of drug-likeness (QED) is 0.803. The maximum absolute atomic E-state index is 5.44. The number of morpholine rings is 1. The fraction of sp³-hybridized carbons (Fsp3) is 0.600. The minimum absolute atomic E-state index is 0.391. The lowest BCUT2D eigenvalue weighted by atomic mass is 10.2. The number of thiophene rings is 1. The minimum atomic E-state index is 0.391. The third-order valence-electron chi connectivity index (χ3n) is 2.32. The first-order valence-electron chi connectivity index (χ1n) is 4.85. The van der Waals surface area contributed by atoms with Crippen LogP contribution in [-0.2, 0) is 4.74 Å². The molecule has 1 N–H and O–H groups in total.